The number of piperidine rings is 1. The summed E-state index contributed by atoms with van der Waals surface area (Å²) < 4.78 is 42.9. The van der Waals surface area contributed by atoms with Crippen molar-refractivity contribution < 1.29 is 32.3 Å². The van der Waals surface area contributed by atoms with Gasteiger partial charge in [0.2, 0.25) is 5.91 Å². The zero-order valence-corrected chi connectivity index (χ0v) is 23.6. The van der Waals surface area contributed by atoms with Gasteiger partial charge in [-0.3, -0.25) is 14.5 Å². The minimum atomic E-state index is -4.35. The number of amides is 2. The van der Waals surface area contributed by atoms with Crippen molar-refractivity contribution in [3.8, 4) is 0 Å². The number of halogens is 5. The Morgan fingerprint density at radius 3 is 2.41 bits per heavy atom. The number of benzene rings is 1. The van der Waals surface area contributed by atoms with Gasteiger partial charge in [-0.05, 0) is 49.8 Å². The number of nitrogens with one attached hydrogen (secondary N) is 1. The quantitative estimate of drug-likeness (QED) is 0.407. The molecule has 0 unspecified atom stereocenters. The second-order valence-corrected chi connectivity index (χ2v) is 12.0. The van der Waals surface area contributed by atoms with Crippen molar-refractivity contribution in [1.82, 2.24) is 15.1 Å². The molecular weight excluding hydrogens is 558 g/mol. The number of likely N-dealkylation sites (N-methyl/N-ethyl adjacent to an activating group) is 1. The van der Waals surface area contributed by atoms with Crippen LogP contribution in [0.5, 0.6) is 0 Å². The molecule has 12 heteroatoms. The van der Waals surface area contributed by atoms with Crippen LogP contribution in [0, 0.1) is 11.3 Å². The lowest BCUT2D eigenvalue weighted by atomic mass is 9.72. The van der Waals surface area contributed by atoms with E-state index in [9.17, 15) is 27.6 Å². The number of ether oxygens (including phenoxy) is 1. The number of carbonyl (C=O) groups is 3. The number of hydrogen-bond donors (Lipinski definition) is 1. The summed E-state index contributed by atoms with van der Waals surface area (Å²) in [6.07, 6.45) is -3.98. The molecular formula is C27H34Cl2F3N3O4. The largest absolute Gasteiger partial charge is 0.449 e. The van der Waals surface area contributed by atoms with Crippen molar-refractivity contribution in [1.29, 1.82) is 0 Å². The summed E-state index contributed by atoms with van der Waals surface area (Å²) in [5, 5.41) is 3.89. The number of Topliss-reactive ketones (excluding diaryl/α,β-unsaturated/α-hetero) is 1. The molecule has 0 bridgehead atoms. The van der Waals surface area contributed by atoms with Crippen LogP contribution in [0.1, 0.15) is 56.9 Å². The normalized spacial score (nSPS) is 24.9. The van der Waals surface area contributed by atoms with Crippen LogP contribution in [0.15, 0.2) is 18.2 Å². The van der Waals surface area contributed by atoms with Crippen LogP contribution in [0.2, 0.25) is 10.0 Å². The molecule has 1 aromatic carbocycles. The molecule has 2 saturated heterocycles. The van der Waals surface area contributed by atoms with Gasteiger partial charge in [-0.25, -0.2) is 4.79 Å². The summed E-state index contributed by atoms with van der Waals surface area (Å²) >= 11 is 12.4. The van der Waals surface area contributed by atoms with Crippen LogP contribution in [0.3, 0.4) is 0 Å². The third-order valence-electron chi connectivity index (χ3n) is 8.46. The first-order valence-electron chi connectivity index (χ1n) is 13.3. The molecule has 7 nitrogen and oxygen atoms in total. The number of ketones is 1. The van der Waals surface area contributed by atoms with Crippen molar-refractivity contribution >= 4 is 41.0 Å². The average Bonchev–Trinajstić information content (AvgIpc) is 3.49. The SMILES string of the molecule is CN(C(=O)OCCCC(F)(F)F)[C@@]1(C(=O)C2CCN(C(=O)C3(C)CC3)CC2)CNC[C@@H]1c1ccc(Cl)c(Cl)c1. The lowest BCUT2D eigenvalue weighted by Crippen LogP contribution is -2.62. The average molecular weight is 592 g/mol. The Hall–Kier alpha value is -2.04. The molecule has 0 spiro atoms. The Kier molecular flexibility index (Phi) is 8.79. The second-order valence-electron chi connectivity index (χ2n) is 11.2. The number of likely N-dealkylation sites (tertiary alicyclic amines) is 1. The maximum absolute atomic E-state index is 14.4. The number of carbonyl (C=O) groups excluding carboxylic acids is 3. The molecule has 39 heavy (non-hydrogen) atoms. The van der Waals surface area contributed by atoms with Crippen molar-refractivity contribution in [2.75, 3.05) is 39.8 Å². The Morgan fingerprint density at radius 1 is 1.15 bits per heavy atom. The van der Waals surface area contributed by atoms with Crippen LogP contribution in [-0.4, -0.2) is 79.1 Å². The summed E-state index contributed by atoms with van der Waals surface area (Å²) in [5.74, 6) is -0.953. The maximum Gasteiger partial charge on any atom is 0.410 e. The third-order valence-corrected chi connectivity index (χ3v) is 9.20. The van der Waals surface area contributed by atoms with E-state index in [0.717, 1.165) is 12.8 Å². The second kappa shape index (κ2) is 11.4. The topological polar surface area (TPSA) is 79.0 Å². The number of rotatable bonds is 8. The summed E-state index contributed by atoms with van der Waals surface area (Å²) in [4.78, 5) is 43.4. The summed E-state index contributed by atoms with van der Waals surface area (Å²) in [5.41, 5.74) is -0.950. The molecule has 1 N–H and O–H groups in total. The van der Waals surface area contributed by atoms with Gasteiger partial charge in [0, 0.05) is 56.9 Å². The van der Waals surface area contributed by atoms with Crippen molar-refractivity contribution in [2.24, 2.45) is 11.3 Å². The molecule has 2 atom stereocenters. The molecule has 1 saturated carbocycles. The zero-order valence-electron chi connectivity index (χ0n) is 22.1. The molecule has 3 fully saturated rings. The van der Waals surface area contributed by atoms with Crippen LogP contribution in [0.4, 0.5) is 18.0 Å². The smallest absolute Gasteiger partial charge is 0.410 e. The third kappa shape index (κ3) is 6.33. The van der Waals surface area contributed by atoms with E-state index in [2.05, 4.69) is 5.32 Å². The maximum atomic E-state index is 14.4. The van der Waals surface area contributed by atoms with E-state index in [4.69, 9.17) is 27.9 Å². The highest BCUT2D eigenvalue weighted by Gasteiger charge is 2.57. The van der Waals surface area contributed by atoms with Gasteiger partial charge < -0.3 is 15.0 Å². The van der Waals surface area contributed by atoms with Crippen LogP contribution in [-0.2, 0) is 14.3 Å². The van der Waals surface area contributed by atoms with Gasteiger partial charge in [0.1, 0.15) is 5.54 Å². The van der Waals surface area contributed by atoms with Crippen molar-refractivity contribution in [3.63, 3.8) is 0 Å². The fourth-order valence-electron chi connectivity index (χ4n) is 5.77. The molecule has 216 valence electrons. The van der Waals surface area contributed by atoms with Gasteiger partial charge in [-0.2, -0.15) is 13.2 Å². The number of alkyl halides is 3. The highest BCUT2D eigenvalue weighted by molar-refractivity contribution is 6.42. The summed E-state index contributed by atoms with van der Waals surface area (Å²) in [6, 6.07) is 5.06. The van der Waals surface area contributed by atoms with Crippen LogP contribution >= 0.6 is 23.2 Å². The first-order chi connectivity index (χ1) is 18.3. The molecule has 2 aliphatic heterocycles. The highest BCUT2D eigenvalue weighted by atomic mass is 35.5. The predicted molar refractivity (Wildman–Crippen MR) is 141 cm³/mol. The van der Waals surface area contributed by atoms with Gasteiger partial charge in [0.15, 0.2) is 5.78 Å². The van der Waals surface area contributed by atoms with E-state index in [-0.39, 0.29) is 30.1 Å². The fourth-order valence-corrected chi connectivity index (χ4v) is 6.08. The number of nitrogens with zero attached hydrogens (tertiary/aromatic N) is 2. The van der Waals surface area contributed by atoms with Gasteiger partial charge in [-0.15, -0.1) is 0 Å². The summed E-state index contributed by atoms with van der Waals surface area (Å²) in [6.45, 7) is 2.96. The lowest BCUT2D eigenvalue weighted by molar-refractivity contribution is -0.142. The minimum absolute atomic E-state index is 0.124. The molecule has 1 aliphatic carbocycles. The lowest BCUT2D eigenvalue weighted by Gasteiger charge is -2.44. The molecule has 0 radical (unpaired) electrons. The van der Waals surface area contributed by atoms with Crippen LogP contribution in [0.25, 0.3) is 0 Å². The Morgan fingerprint density at radius 2 is 1.82 bits per heavy atom. The molecule has 3 aliphatic rings. The highest BCUT2D eigenvalue weighted by Crippen LogP contribution is 2.47. The Balaban J connectivity index is 1.56. The molecule has 2 heterocycles. The fraction of sp³-hybridized carbons (Fsp3) is 0.667. The zero-order chi connectivity index (χ0) is 28.6. The minimum Gasteiger partial charge on any atom is -0.449 e. The van der Waals surface area contributed by atoms with E-state index >= 15 is 0 Å². The van der Waals surface area contributed by atoms with Crippen LogP contribution < -0.4 is 5.32 Å². The van der Waals surface area contributed by atoms with Gasteiger partial charge >= 0.3 is 12.3 Å². The Labute approximate surface area is 236 Å². The van der Waals surface area contributed by atoms with E-state index in [1.165, 1.54) is 11.9 Å². The summed E-state index contributed by atoms with van der Waals surface area (Å²) in [7, 11) is 1.45. The molecule has 0 aromatic heterocycles. The Bertz CT molecular complexity index is 1110. The first kappa shape index (κ1) is 29.9. The van der Waals surface area contributed by atoms with E-state index < -0.39 is 42.7 Å². The molecule has 1 aromatic rings. The standard InChI is InChI=1S/C27H34Cl2F3N3O4/c1-25(9-10-25)23(37)35-11-6-17(7-12-35)22(36)26(34(2)24(38)39-13-3-8-27(30,31)32)16-33-15-19(26)18-4-5-20(28)21(29)14-18/h4-5,14,17,19,33H,3,6-13,15-16H2,1-2H3/t19-,26+/m1/s1. The van der Waals surface area contributed by atoms with Gasteiger partial charge in [-0.1, -0.05) is 36.2 Å². The molecule has 4 rings (SSSR count). The molecule has 2 amide bonds. The van der Waals surface area contributed by atoms with E-state index in [1.54, 1.807) is 18.2 Å². The van der Waals surface area contributed by atoms with E-state index in [0.29, 0.717) is 48.1 Å². The van der Waals surface area contributed by atoms with Crippen molar-refractivity contribution in [2.45, 2.75) is 63.1 Å². The van der Waals surface area contributed by atoms with Gasteiger partial charge in [0.05, 0.1) is 16.7 Å². The predicted octanol–water partition coefficient (Wildman–Crippen LogP) is 5.44. The number of hydrogen-bond acceptors (Lipinski definition) is 5. The van der Waals surface area contributed by atoms with E-state index in [1.807, 2.05) is 11.8 Å². The monoisotopic (exact) mass is 591 g/mol. The first-order valence-corrected chi connectivity index (χ1v) is 14.0. The van der Waals surface area contributed by atoms with Gasteiger partial charge in [0.25, 0.3) is 0 Å². The van der Waals surface area contributed by atoms with Crippen molar-refractivity contribution in [3.05, 3.63) is 33.8 Å².